The second kappa shape index (κ2) is 6.57. The van der Waals surface area contributed by atoms with Gasteiger partial charge in [-0.2, -0.15) is 0 Å². The van der Waals surface area contributed by atoms with Crippen molar-refractivity contribution in [1.29, 1.82) is 0 Å². The Morgan fingerprint density at radius 3 is 2.16 bits per heavy atom. The van der Waals surface area contributed by atoms with Crippen molar-refractivity contribution in [3.8, 4) is 5.75 Å². The normalized spacial score (nSPS) is 13.8. The van der Waals surface area contributed by atoms with E-state index in [0.717, 1.165) is 22.4 Å². The van der Waals surface area contributed by atoms with Gasteiger partial charge in [-0.15, -0.1) is 0 Å². The molecule has 1 aromatic carbocycles. The van der Waals surface area contributed by atoms with Gasteiger partial charge in [0.2, 0.25) is 0 Å². The van der Waals surface area contributed by atoms with Gasteiger partial charge in [-0.1, -0.05) is 19.1 Å². The Morgan fingerprint density at radius 2 is 1.79 bits per heavy atom. The Kier molecular flexibility index (Phi) is 5.36. The Balaban J connectivity index is 3.12. The predicted molar refractivity (Wildman–Crippen MR) is 75.2 cm³/mol. The van der Waals surface area contributed by atoms with Crippen LogP contribution < -0.4 is 10.5 Å². The second-order valence-corrected chi connectivity index (χ2v) is 4.75. The quantitative estimate of drug-likeness (QED) is 0.831. The van der Waals surface area contributed by atoms with Gasteiger partial charge < -0.3 is 15.2 Å². The number of carbonyl (C=O) groups excluding carboxylic acids is 1. The number of rotatable bonds is 5. The van der Waals surface area contributed by atoms with Crippen molar-refractivity contribution in [2.75, 3.05) is 14.2 Å². The highest BCUT2D eigenvalue weighted by atomic mass is 16.5. The van der Waals surface area contributed by atoms with Crippen LogP contribution >= 0.6 is 0 Å². The highest BCUT2D eigenvalue weighted by Gasteiger charge is 2.26. The Bertz CT molecular complexity index is 434. The highest BCUT2D eigenvalue weighted by molar-refractivity contribution is 5.73. The Morgan fingerprint density at radius 1 is 1.26 bits per heavy atom. The van der Waals surface area contributed by atoms with Gasteiger partial charge in [0.25, 0.3) is 0 Å². The molecule has 19 heavy (non-hydrogen) atoms. The number of benzene rings is 1. The minimum atomic E-state index is -0.360. The molecule has 1 aromatic rings. The van der Waals surface area contributed by atoms with Gasteiger partial charge in [0.15, 0.2) is 0 Å². The topological polar surface area (TPSA) is 61.5 Å². The Hall–Kier alpha value is -1.55. The fourth-order valence-corrected chi connectivity index (χ4v) is 2.45. The number of ether oxygens (including phenoxy) is 2. The summed E-state index contributed by atoms with van der Waals surface area (Å²) in [5.74, 6) is 0.278. The molecule has 0 radical (unpaired) electrons. The number of esters is 1. The molecule has 0 saturated carbocycles. The summed E-state index contributed by atoms with van der Waals surface area (Å²) < 4.78 is 10.1. The van der Waals surface area contributed by atoms with E-state index in [2.05, 4.69) is 0 Å². The maximum Gasteiger partial charge on any atom is 0.310 e. The van der Waals surface area contributed by atoms with E-state index in [1.165, 1.54) is 7.11 Å². The lowest BCUT2D eigenvalue weighted by atomic mass is 9.89. The number of nitrogens with two attached hydrogens (primary N) is 1. The fourth-order valence-electron chi connectivity index (χ4n) is 2.45. The number of hydrogen-bond donors (Lipinski definition) is 1. The lowest BCUT2D eigenvalue weighted by molar-refractivity contribution is -0.146. The van der Waals surface area contributed by atoms with Crippen molar-refractivity contribution in [3.05, 3.63) is 28.8 Å². The first-order valence-electron chi connectivity index (χ1n) is 6.44. The van der Waals surface area contributed by atoms with Gasteiger partial charge in [0, 0.05) is 6.04 Å². The average molecular weight is 265 g/mol. The third-order valence-corrected chi connectivity index (χ3v) is 3.45. The molecule has 0 amide bonds. The average Bonchev–Trinajstić information content (AvgIpc) is 2.38. The van der Waals surface area contributed by atoms with Crippen LogP contribution in [-0.2, 0) is 9.53 Å². The maximum atomic E-state index is 11.7. The molecule has 2 unspecified atom stereocenters. The molecule has 4 heteroatoms. The molecule has 0 aliphatic carbocycles. The molecule has 0 aliphatic rings. The van der Waals surface area contributed by atoms with Crippen molar-refractivity contribution >= 4 is 5.97 Å². The zero-order valence-electron chi connectivity index (χ0n) is 12.3. The van der Waals surface area contributed by atoms with E-state index in [4.69, 9.17) is 15.2 Å². The molecule has 106 valence electrons. The van der Waals surface area contributed by atoms with E-state index in [9.17, 15) is 4.79 Å². The molecule has 0 heterocycles. The van der Waals surface area contributed by atoms with E-state index in [1.54, 1.807) is 7.11 Å². The van der Waals surface area contributed by atoms with Crippen LogP contribution in [0.2, 0.25) is 0 Å². The summed E-state index contributed by atoms with van der Waals surface area (Å²) in [5, 5.41) is 0. The van der Waals surface area contributed by atoms with Crippen LogP contribution in [0, 0.1) is 19.8 Å². The number of aryl methyl sites for hydroxylation is 2. The summed E-state index contributed by atoms with van der Waals surface area (Å²) in [6.07, 6.45) is 0.651. The number of hydrogen-bond acceptors (Lipinski definition) is 4. The maximum absolute atomic E-state index is 11.7. The molecule has 2 N–H and O–H groups in total. The van der Waals surface area contributed by atoms with Gasteiger partial charge >= 0.3 is 5.97 Å². The molecule has 0 fully saturated rings. The summed E-state index contributed by atoms with van der Waals surface area (Å²) in [6, 6.07) is 3.59. The molecule has 0 aliphatic heterocycles. The first-order chi connectivity index (χ1) is 8.96. The van der Waals surface area contributed by atoms with Crippen molar-refractivity contribution in [1.82, 2.24) is 0 Å². The van der Waals surface area contributed by atoms with E-state index >= 15 is 0 Å². The number of methoxy groups -OCH3 is 2. The molecule has 0 saturated heterocycles. The van der Waals surface area contributed by atoms with Gasteiger partial charge in [0.05, 0.1) is 20.1 Å². The summed E-state index contributed by atoms with van der Waals surface area (Å²) in [5.41, 5.74) is 9.19. The van der Waals surface area contributed by atoms with Gasteiger partial charge in [-0.05, 0) is 37.0 Å². The first kappa shape index (κ1) is 15.5. The van der Waals surface area contributed by atoms with Gasteiger partial charge in [-0.3, -0.25) is 4.79 Å². The summed E-state index contributed by atoms with van der Waals surface area (Å²) >= 11 is 0. The third-order valence-electron chi connectivity index (χ3n) is 3.45. The smallest absolute Gasteiger partial charge is 0.310 e. The largest absolute Gasteiger partial charge is 0.496 e. The van der Waals surface area contributed by atoms with Crippen molar-refractivity contribution in [3.63, 3.8) is 0 Å². The molecule has 2 atom stereocenters. The van der Waals surface area contributed by atoms with E-state index in [0.29, 0.717) is 6.42 Å². The van der Waals surface area contributed by atoms with Crippen molar-refractivity contribution in [2.45, 2.75) is 33.2 Å². The minimum absolute atomic E-state index is 0.263. The third kappa shape index (κ3) is 3.26. The Labute approximate surface area is 114 Å². The monoisotopic (exact) mass is 265 g/mol. The van der Waals surface area contributed by atoms with E-state index in [-0.39, 0.29) is 17.9 Å². The van der Waals surface area contributed by atoms with Crippen LogP contribution in [0.25, 0.3) is 0 Å². The molecule has 0 spiro atoms. The van der Waals surface area contributed by atoms with Gasteiger partial charge in [0.1, 0.15) is 5.75 Å². The SMILES string of the molecule is CCC(C(=O)OC)C(N)c1cc(C)c(OC)c(C)c1. The minimum Gasteiger partial charge on any atom is -0.496 e. The lowest BCUT2D eigenvalue weighted by Gasteiger charge is -2.22. The van der Waals surface area contributed by atoms with Gasteiger partial charge in [-0.25, -0.2) is 0 Å². The van der Waals surface area contributed by atoms with Crippen LogP contribution in [0.3, 0.4) is 0 Å². The highest BCUT2D eigenvalue weighted by Crippen LogP contribution is 2.30. The molecular formula is C15H23NO3. The van der Waals surface area contributed by atoms with Crippen LogP contribution in [0.5, 0.6) is 5.75 Å². The van der Waals surface area contributed by atoms with Crippen LogP contribution in [0.4, 0.5) is 0 Å². The summed E-state index contributed by atoms with van der Waals surface area (Å²) in [7, 11) is 3.04. The van der Waals surface area contributed by atoms with E-state index < -0.39 is 0 Å². The second-order valence-electron chi connectivity index (χ2n) is 4.75. The van der Waals surface area contributed by atoms with E-state index in [1.807, 2.05) is 32.9 Å². The standard InChI is InChI=1S/C15H23NO3/c1-6-12(15(17)19-5)13(16)11-7-9(2)14(18-4)10(3)8-11/h7-8,12-13H,6,16H2,1-5H3. The zero-order chi connectivity index (χ0) is 14.6. The summed E-state index contributed by atoms with van der Waals surface area (Å²) in [6.45, 7) is 5.88. The summed E-state index contributed by atoms with van der Waals surface area (Å²) in [4.78, 5) is 11.7. The number of carbonyl (C=O) groups is 1. The zero-order valence-corrected chi connectivity index (χ0v) is 12.3. The first-order valence-corrected chi connectivity index (χ1v) is 6.44. The molecule has 4 nitrogen and oxygen atoms in total. The molecule has 0 bridgehead atoms. The van der Waals surface area contributed by atoms with Crippen LogP contribution in [-0.4, -0.2) is 20.2 Å². The van der Waals surface area contributed by atoms with Crippen molar-refractivity contribution < 1.29 is 14.3 Å². The molecular weight excluding hydrogens is 242 g/mol. The molecule has 1 rings (SSSR count). The lowest BCUT2D eigenvalue weighted by Crippen LogP contribution is -2.29. The predicted octanol–water partition coefficient (Wildman–Crippen LogP) is 2.51. The van der Waals surface area contributed by atoms with Crippen LogP contribution in [0.15, 0.2) is 12.1 Å². The van der Waals surface area contributed by atoms with Crippen molar-refractivity contribution in [2.24, 2.45) is 11.7 Å². The molecule has 0 aromatic heterocycles. The van der Waals surface area contributed by atoms with Crippen LogP contribution in [0.1, 0.15) is 36.1 Å². The fraction of sp³-hybridized carbons (Fsp3) is 0.533.